The van der Waals surface area contributed by atoms with Crippen molar-refractivity contribution in [2.45, 2.75) is 4.90 Å². The number of primary amides is 1. The van der Waals surface area contributed by atoms with Crippen molar-refractivity contribution < 1.29 is 26.8 Å². The summed E-state index contributed by atoms with van der Waals surface area (Å²) in [5.41, 5.74) is 4.80. The summed E-state index contributed by atoms with van der Waals surface area (Å²) in [7, 11) is -4.51. The first-order chi connectivity index (χ1) is 13.3. The van der Waals surface area contributed by atoms with E-state index in [4.69, 9.17) is 10.6 Å². The summed E-state index contributed by atoms with van der Waals surface area (Å²) in [6.45, 7) is 0. The van der Waals surface area contributed by atoms with Crippen LogP contribution in [-0.2, 0) is 10.0 Å². The summed E-state index contributed by atoms with van der Waals surface area (Å²) in [6.07, 6.45) is 0. The van der Waals surface area contributed by atoms with Crippen LogP contribution in [0.15, 0.2) is 77.7 Å². The Balaban J connectivity index is 2.14. The fourth-order valence-electron chi connectivity index (χ4n) is 2.39. The van der Waals surface area contributed by atoms with Crippen molar-refractivity contribution in [2.24, 2.45) is 5.73 Å². The number of hydrogen-bond donors (Lipinski definition) is 1. The number of para-hydroxylation sites is 1. The topological polar surface area (TPSA) is 89.7 Å². The van der Waals surface area contributed by atoms with Crippen LogP contribution in [0.25, 0.3) is 0 Å². The SMILES string of the molecule is NC(=O)c1cc(F)ccc1S(=O)(=O)N(Oc1ccc(F)cc1)c1ccccc1. The summed E-state index contributed by atoms with van der Waals surface area (Å²) in [5, 5.41) is 0. The van der Waals surface area contributed by atoms with E-state index in [1.54, 1.807) is 18.2 Å². The maximum absolute atomic E-state index is 13.5. The Morgan fingerprint density at radius 3 is 2.11 bits per heavy atom. The molecule has 0 aliphatic carbocycles. The van der Waals surface area contributed by atoms with Crippen LogP contribution in [0.3, 0.4) is 0 Å². The zero-order valence-corrected chi connectivity index (χ0v) is 15.1. The zero-order chi connectivity index (χ0) is 20.3. The van der Waals surface area contributed by atoms with Gasteiger partial charge in [0.25, 0.3) is 10.0 Å². The average molecular weight is 404 g/mol. The number of hydrogen-bond acceptors (Lipinski definition) is 4. The molecule has 0 radical (unpaired) electrons. The van der Waals surface area contributed by atoms with Crippen LogP contribution >= 0.6 is 0 Å². The molecule has 0 unspecified atom stereocenters. The molecule has 3 aromatic carbocycles. The molecular formula is C19H14F2N2O4S. The van der Waals surface area contributed by atoms with Crippen molar-refractivity contribution in [3.8, 4) is 5.75 Å². The molecule has 0 atom stereocenters. The van der Waals surface area contributed by atoms with E-state index in [-0.39, 0.29) is 11.4 Å². The molecule has 0 saturated heterocycles. The van der Waals surface area contributed by atoms with E-state index >= 15 is 0 Å². The first kappa shape index (κ1) is 19.3. The van der Waals surface area contributed by atoms with Gasteiger partial charge in [-0.2, -0.15) is 8.42 Å². The van der Waals surface area contributed by atoms with Gasteiger partial charge < -0.3 is 10.6 Å². The quantitative estimate of drug-likeness (QED) is 0.639. The lowest BCUT2D eigenvalue weighted by Crippen LogP contribution is -2.35. The maximum Gasteiger partial charge on any atom is 0.296 e. The van der Waals surface area contributed by atoms with Crippen LogP contribution in [0, 0.1) is 11.6 Å². The number of anilines is 1. The minimum atomic E-state index is -4.51. The van der Waals surface area contributed by atoms with Gasteiger partial charge in [0.1, 0.15) is 16.5 Å². The molecule has 0 bridgehead atoms. The highest BCUT2D eigenvalue weighted by Crippen LogP contribution is 2.28. The number of rotatable bonds is 6. The number of amides is 1. The van der Waals surface area contributed by atoms with Crippen molar-refractivity contribution in [1.82, 2.24) is 0 Å². The molecule has 6 nitrogen and oxygen atoms in total. The van der Waals surface area contributed by atoms with Crippen LogP contribution in [0.4, 0.5) is 14.5 Å². The summed E-state index contributed by atoms with van der Waals surface area (Å²) in [6, 6.07) is 14.9. The van der Waals surface area contributed by atoms with Gasteiger partial charge in [0.2, 0.25) is 5.91 Å². The average Bonchev–Trinajstić information content (AvgIpc) is 2.67. The standard InChI is InChI=1S/C19H14F2N2O4S/c20-13-6-9-16(10-7-13)27-23(15-4-2-1-3-5-15)28(25,26)18-11-8-14(21)12-17(18)19(22)24/h1-12H,(H2,22,24). The molecule has 0 aliphatic heterocycles. The molecule has 0 heterocycles. The number of halogens is 2. The minimum absolute atomic E-state index is 0.0246. The summed E-state index contributed by atoms with van der Waals surface area (Å²) in [4.78, 5) is 16.6. The Hall–Kier alpha value is -3.46. The molecule has 2 N–H and O–H groups in total. The second kappa shape index (κ2) is 7.65. The largest absolute Gasteiger partial charge is 0.366 e. The van der Waals surface area contributed by atoms with Gasteiger partial charge in [-0.3, -0.25) is 4.79 Å². The highest BCUT2D eigenvalue weighted by molar-refractivity contribution is 7.92. The van der Waals surface area contributed by atoms with E-state index < -0.39 is 38.0 Å². The van der Waals surface area contributed by atoms with Gasteiger partial charge in [0, 0.05) is 0 Å². The van der Waals surface area contributed by atoms with Gasteiger partial charge in [0.05, 0.1) is 11.3 Å². The van der Waals surface area contributed by atoms with Crippen LogP contribution in [0.2, 0.25) is 0 Å². The van der Waals surface area contributed by atoms with E-state index in [0.29, 0.717) is 4.47 Å². The van der Waals surface area contributed by atoms with Crippen LogP contribution in [-0.4, -0.2) is 14.3 Å². The number of carbonyl (C=O) groups is 1. The highest BCUT2D eigenvalue weighted by atomic mass is 32.2. The van der Waals surface area contributed by atoms with Gasteiger partial charge in [-0.15, -0.1) is 0 Å². The van der Waals surface area contributed by atoms with E-state index in [9.17, 15) is 22.0 Å². The number of sulfonamides is 1. The number of nitrogens with zero attached hydrogens (tertiary/aromatic N) is 1. The lowest BCUT2D eigenvalue weighted by Gasteiger charge is -2.24. The van der Waals surface area contributed by atoms with Crippen molar-refractivity contribution in [1.29, 1.82) is 0 Å². The van der Waals surface area contributed by atoms with Crippen LogP contribution in [0.5, 0.6) is 5.75 Å². The molecule has 3 aromatic rings. The van der Waals surface area contributed by atoms with Crippen molar-refractivity contribution in [2.75, 3.05) is 4.47 Å². The Bertz CT molecular complexity index is 1100. The third kappa shape index (κ3) is 3.94. The molecule has 0 fully saturated rings. The Morgan fingerprint density at radius 1 is 0.893 bits per heavy atom. The van der Waals surface area contributed by atoms with Crippen molar-refractivity contribution in [3.05, 3.63) is 90.0 Å². The summed E-state index contributed by atoms with van der Waals surface area (Å²) >= 11 is 0. The van der Waals surface area contributed by atoms with Crippen LogP contribution < -0.4 is 15.0 Å². The monoisotopic (exact) mass is 404 g/mol. The number of benzene rings is 3. The van der Waals surface area contributed by atoms with Gasteiger partial charge in [0.15, 0.2) is 5.75 Å². The molecule has 0 saturated carbocycles. The lowest BCUT2D eigenvalue weighted by molar-refractivity contribution is 0.0996. The minimum Gasteiger partial charge on any atom is -0.366 e. The summed E-state index contributed by atoms with van der Waals surface area (Å²) < 4.78 is 53.7. The first-order valence-electron chi connectivity index (χ1n) is 7.92. The molecule has 1 amide bonds. The number of nitrogens with two attached hydrogens (primary N) is 1. The molecule has 144 valence electrons. The van der Waals surface area contributed by atoms with E-state index in [0.717, 1.165) is 30.3 Å². The number of carbonyl (C=O) groups excluding carboxylic acids is 1. The molecule has 0 aromatic heterocycles. The van der Waals surface area contributed by atoms with Gasteiger partial charge >= 0.3 is 0 Å². The molecule has 0 aliphatic rings. The van der Waals surface area contributed by atoms with Gasteiger partial charge in [-0.25, -0.2) is 8.78 Å². The second-order valence-electron chi connectivity index (χ2n) is 5.62. The van der Waals surface area contributed by atoms with Crippen LogP contribution in [0.1, 0.15) is 10.4 Å². The lowest BCUT2D eigenvalue weighted by atomic mass is 10.2. The third-order valence-corrected chi connectivity index (χ3v) is 5.31. The Morgan fingerprint density at radius 2 is 1.50 bits per heavy atom. The highest BCUT2D eigenvalue weighted by Gasteiger charge is 2.31. The van der Waals surface area contributed by atoms with Crippen molar-refractivity contribution in [3.63, 3.8) is 0 Å². The van der Waals surface area contributed by atoms with Crippen molar-refractivity contribution >= 4 is 21.6 Å². The van der Waals surface area contributed by atoms with Gasteiger partial charge in [-0.1, -0.05) is 22.7 Å². The van der Waals surface area contributed by atoms with E-state index in [1.807, 2.05) is 0 Å². The first-order valence-corrected chi connectivity index (χ1v) is 9.36. The predicted molar refractivity (Wildman–Crippen MR) is 98.1 cm³/mol. The fourth-order valence-corrected chi connectivity index (χ4v) is 3.83. The Kier molecular flexibility index (Phi) is 5.27. The molecule has 3 rings (SSSR count). The summed E-state index contributed by atoms with van der Waals surface area (Å²) in [5.74, 6) is -2.45. The van der Waals surface area contributed by atoms with Gasteiger partial charge in [-0.05, 0) is 54.6 Å². The smallest absolute Gasteiger partial charge is 0.296 e. The molecule has 9 heteroatoms. The Labute approximate surface area is 159 Å². The molecular weight excluding hydrogens is 390 g/mol. The van der Waals surface area contributed by atoms with E-state index in [2.05, 4.69) is 0 Å². The van der Waals surface area contributed by atoms with E-state index in [1.165, 1.54) is 24.3 Å². The second-order valence-corrected chi connectivity index (χ2v) is 7.34. The third-order valence-electron chi connectivity index (χ3n) is 3.67. The fraction of sp³-hybridized carbons (Fsp3) is 0. The normalized spacial score (nSPS) is 11.1. The maximum atomic E-state index is 13.5. The molecule has 0 spiro atoms. The zero-order valence-electron chi connectivity index (χ0n) is 14.2. The molecule has 28 heavy (non-hydrogen) atoms. The predicted octanol–water partition coefficient (Wildman–Crippen LogP) is 3.25.